The molecule has 1 fully saturated rings. The number of carbonyl (C=O) groups is 1. The standard InChI is InChI=1S/C22H22N2O/c1-16-11-12-24(22(16)17-7-3-2-4-8-17)21(25)13-19-15-23-14-18-9-5-6-10-20(18)19/h2-10,14-16,22H,11-13H2,1H3. The van der Waals surface area contributed by atoms with Crippen molar-refractivity contribution in [2.75, 3.05) is 6.54 Å². The number of nitrogens with zero attached hydrogens (tertiary/aromatic N) is 2. The molecule has 3 aromatic rings. The van der Waals surface area contributed by atoms with Crippen molar-refractivity contribution >= 4 is 16.7 Å². The third-order valence-electron chi connectivity index (χ3n) is 5.25. The first-order valence-corrected chi connectivity index (χ1v) is 8.90. The van der Waals surface area contributed by atoms with E-state index in [0.717, 1.165) is 29.3 Å². The molecule has 3 nitrogen and oxygen atoms in total. The van der Waals surface area contributed by atoms with E-state index in [-0.39, 0.29) is 11.9 Å². The van der Waals surface area contributed by atoms with Gasteiger partial charge in [0.1, 0.15) is 0 Å². The van der Waals surface area contributed by atoms with Crippen LogP contribution in [-0.4, -0.2) is 22.3 Å². The van der Waals surface area contributed by atoms with E-state index in [1.165, 1.54) is 5.56 Å². The number of hydrogen-bond acceptors (Lipinski definition) is 2. The lowest BCUT2D eigenvalue weighted by atomic mass is 9.95. The van der Waals surface area contributed by atoms with E-state index in [2.05, 4.69) is 47.1 Å². The molecule has 25 heavy (non-hydrogen) atoms. The Hall–Kier alpha value is -2.68. The van der Waals surface area contributed by atoms with Crippen LogP contribution < -0.4 is 0 Å². The fourth-order valence-corrected chi connectivity index (χ4v) is 3.97. The lowest BCUT2D eigenvalue weighted by Gasteiger charge is -2.27. The molecule has 1 saturated heterocycles. The molecule has 2 atom stereocenters. The third kappa shape index (κ3) is 3.02. The Bertz CT molecular complexity index is 885. The molecule has 0 radical (unpaired) electrons. The van der Waals surface area contributed by atoms with Gasteiger partial charge >= 0.3 is 0 Å². The van der Waals surface area contributed by atoms with Crippen molar-refractivity contribution in [1.82, 2.24) is 9.88 Å². The minimum Gasteiger partial charge on any atom is -0.335 e. The first kappa shape index (κ1) is 15.8. The van der Waals surface area contributed by atoms with Crippen LogP contribution in [0.15, 0.2) is 67.0 Å². The van der Waals surface area contributed by atoms with E-state index in [4.69, 9.17) is 0 Å². The molecule has 1 aromatic heterocycles. The van der Waals surface area contributed by atoms with Gasteiger partial charge in [0, 0.05) is 24.3 Å². The van der Waals surface area contributed by atoms with Crippen molar-refractivity contribution in [1.29, 1.82) is 0 Å². The summed E-state index contributed by atoms with van der Waals surface area (Å²) in [6, 6.07) is 18.7. The SMILES string of the molecule is CC1CCN(C(=O)Cc2cncc3ccccc23)C1c1ccccc1. The molecular weight excluding hydrogens is 308 g/mol. The number of aromatic nitrogens is 1. The van der Waals surface area contributed by atoms with Gasteiger partial charge in [-0.05, 0) is 28.9 Å². The molecule has 2 aromatic carbocycles. The number of pyridine rings is 1. The summed E-state index contributed by atoms with van der Waals surface area (Å²) < 4.78 is 0. The molecule has 0 bridgehead atoms. The van der Waals surface area contributed by atoms with Gasteiger partial charge in [0.25, 0.3) is 0 Å². The molecule has 0 aliphatic carbocycles. The highest BCUT2D eigenvalue weighted by molar-refractivity contribution is 5.89. The molecule has 0 spiro atoms. The van der Waals surface area contributed by atoms with Crippen LogP contribution in [0.1, 0.15) is 30.5 Å². The van der Waals surface area contributed by atoms with Gasteiger partial charge in [-0.3, -0.25) is 9.78 Å². The fraction of sp³-hybridized carbons (Fsp3) is 0.273. The molecule has 126 valence electrons. The van der Waals surface area contributed by atoms with Crippen LogP contribution in [0.25, 0.3) is 10.8 Å². The summed E-state index contributed by atoms with van der Waals surface area (Å²) in [7, 11) is 0. The third-order valence-corrected chi connectivity index (χ3v) is 5.25. The smallest absolute Gasteiger partial charge is 0.227 e. The summed E-state index contributed by atoms with van der Waals surface area (Å²) in [6.45, 7) is 3.07. The van der Waals surface area contributed by atoms with E-state index in [9.17, 15) is 4.79 Å². The monoisotopic (exact) mass is 330 g/mol. The number of rotatable bonds is 3. The maximum absolute atomic E-state index is 13.1. The summed E-state index contributed by atoms with van der Waals surface area (Å²) in [4.78, 5) is 19.5. The molecule has 3 heteroatoms. The number of carbonyl (C=O) groups excluding carboxylic acids is 1. The zero-order valence-corrected chi connectivity index (χ0v) is 14.4. The Morgan fingerprint density at radius 3 is 2.68 bits per heavy atom. The second kappa shape index (κ2) is 6.67. The van der Waals surface area contributed by atoms with E-state index in [0.29, 0.717) is 12.3 Å². The van der Waals surface area contributed by atoms with Crippen molar-refractivity contribution in [2.24, 2.45) is 5.92 Å². The van der Waals surface area contributed by atoms with Gasteiger partial charge < -0.3 is 4.90 Å². The van der Waals surface area contributed by atoms with Crippen LogP contribution in [0.4, 0.5) is 0 Å². The number of fused-ring (bicyclic) bond motifs is 1. The molecule has 4 rings (SSSR count). The molecule has 1 amide bonds. The number of likely N-dealkylation sites (tertiary alicyclic amines) is 1. The highest BCUT2D eigenvalue weighted by atomic mass is 16.2. The highest BCUT2D eigenvalue weighted by Gasteiger charge is 2.35. The van der Waals surface area contributed by atoms with Crippen LogP contribution >= 0.6 is 0 Å². The molecule has 0 saturated carbocycles. The van der Waals surface area contributed by atoms with Gasteiger partial charge in [0.05, 0.1) is 12.5 Å². The van der Waals surface area contributed by atoms with Crippen molar-refractivity contribution in [3.05, 3.63) is 78.1 Å². The zero-order valence-electron chi connectivity index (χ0n) is 14.4. The van der Waals surface area contributed by atoms with Crippen LogP contribution in [-0.2, 0) is 11.2 Å². The normalized spacial score (nSPS) is 20.1. The number of amides is 1. The maximum atomic E-state index is 13.1. The van der Waals surface area contributed by atoms with Gasteiger partial charge in [0.2, 0.25) is 5.91 Å². The van der Waals surface area contributed by atoms with Crippen LogP contribution in [0.3, 0.4) is 0 Å². The number of hydrogen-bond donors (Lipinski definition) is 0. The van der Waals surface area contributed by atoms with Gasteiger partial charge in [0.15, 0.2) is 0 Å². The summed E-state index contributed by atoms with van der Waals surface area (Å²) in [5.74, 6) is 0.674. The minimum atomic E-state index is 0.177. The minimum absolute atomic E-state index is 0.177. The average molecular weight is 330 g/mol. The largest absolute Gasteiger partial charge is 0.335 e. The highest BCUT2D eigenvalue weighted by Crippen LogP contribution is 2.37. The van der Waals surface area contributed by atoms with E-state index in [1.54, 1.807) is 0 Å². The van der Waals surface area contributed by atoms with Crippen LogP contribution in [0.5, 0.6) is 0 Å². The first-order chi connectivity index (χ1) is 12.2. The van der Waals surface area contributed by atoms with Crippen molar-refractivity contribution in [2.45, 2.75) is 25.8 Å². The first-order valence-electron chi connectivity index (χ1n) is 8.90. The predicted molar refractivity (Wildman–Crippen MR) is 100 cm³/mol. The van der Waals surface area contributed by atoms with E-state index in [1.807, 2.05) is 36.7 Å². The van der Waals surface area contributed by atoms with E-state index >= 15 is 0 Å². The lowest BCUT2D eigenvalue weighted by molar-refractivity contribution is -0.131. The van der Waals surface area contributed by atoms with Crippen molar-refractivity contribution in [3.63, 3.8) is 0 Å². The van der Waals surface area contributed by atoms with Crippen LogP contribution in [0, 0.1) is 5.92 Å². The van der Waals surface area contributed by atoms with Gasteiger partial charge in [-0.1, -0.05) is 61.5 Å². The molecule has 1 aliphatic heterocycles. The quantitative estimate of drug-likeness (QED) is 0.714. The predicted octanol–water partition coefficient (Wildman–Crippen LogP) is 4.39. The van der Waals surface area contributed by atoms with Gasteiger partial charge in [-0.15, -0.1) is 0 Å². The Kier molecular flexibility index (Phi) is 4.22. The maximum Gasteiger partial charge on any atom is 0.227 e. The van der Waals surface area contributed by atoms with Gasteiger partial charge in [-0.25, -0.2) is 0 Å². The Balaban J connectivity index is 1.62. The number of benzene rings is 2. The lowest BCUT2D eigenvalue weighted by Crippen LogP contribution is -2.33. The van der Waals surface area contributed by atoms with Crippen LogP contribution in [0.2, 0.25) is 0 Å². The summed E-state index contributed by atoms with van der Waals surface area (Å²) in [5, 5.41) is 2.21. The van der Waals surface area contributed by atoms with Crippen molar-refractivity contribution in [3.8, 4) is 0 Å². The zero-order chi connectivity index (χ0) is 17.2. The summed E-state index contributed by atoms with van der Waals surface area (Å²) in [5.41, 5.74) is 2.24. The van der Waals surface area contributed by atoms with Gasteiger partial charge in [-0.2, -0.15) is 0 Å². The average Bonchev–Trinajstić information content (AvgIpc) is 3.04. The molecule has 2 heterocycles. The Morgan fingerprint density at radius 1 is 1.08 bits per heavy atom. The summed E-state index contributed by atoms with van der Waals surface area (Å²) in [6.07, 6.45) is 5.15. The molecular formula is C22H22N2O. The fourth-order valence-electron chi connectivity index (χ4n) is 3.97. The second-order valence-electron chi connectivity index (χ2n) is 6.91. The Morgan fingerprint density at radius 2 is 1.84 bits per heavy atom. The second-order valence-corrected chi connectivity index (χ2v) is 6.91. The topological polar surface area (TPSA) is 33.2 Å². The molecule has 0 N–H and O–H groups in total. The Labute approximate surface area is 148 Å². The molecule has 1 aliphatic rings. The van der Waals surface area contributed by atoms with E-state index < -0.39 is 0 Å². The summed E-state index contributed by atoms with van der Waals surface area (Å²) >= 11 is 0. The molecule has 2 unspecified atom stereocenters. The van der Waals surface area contributed by atoms with Crippen molar-refractivity contribution < 1.29 is 4.79 Å².